The van der Waals surface area contributed by atoms with Gasteiger partial charge in [-0.1, -0.05) is 54.6 Å². The molecule has 0 saturated heterocycles. The number of Topliss-reactive ketones (excluding diaryl/α,β-unsaturated/α-hetero) is 1. The molecule has 1 fully saturated rings. The summed E-state index contributed by atoms with van der Waals surface area (Å²) in [5, 5.41) is 4.88. The van der Waals surface area contributed by atoms with Crippen LogP contribution in [0.25, 0.3) is 10.8 Å². The Bertz CT molecular complexity index is 1340. The fourth-order valence-electron chi connectivity index (χ4n) is 4.32. The smallest absolute Gasteiger partial charge is 0.254 e. The summed E-state index contributed by atoms with van der Waals surface area (Å²) in [5.41, 5.74) is 2.78. The Morgan fingerprint density at radius 3 is 2.64 bits per heavy atom. The van der Waals surface area contributed by atoms with E-state index in [0.717, 1.165) is 33.9 Å². The van der Waals surface area contributed by atoms with E-state index in [2.05, 4.69) is 10.3 Å². The Hall–Kier alpha value is -3.86. The molecule has 1 aliphatic carbocycles. The summed E-state index contributed by atoms with van der Waals surface area (Å²) in [5.74, 6) is -0.897. The molecular formula is C28H23FN2O2. The summed E-state index contributed by atoms with van der Waals surface area (Å²) in [7, 11) is 0. The summed E-state index contributed by atoms with van der Waals surface area (Å²) < 4.78 is 14.4. The predicted molar refractivity (Wildman–Crippen MR) is 125 cm³/mol. The molecule has 4 aromatic rings. The molecule has 0 radical (unpaired) electrons. The van der Waals surface area contributed by atoms with Crippen LogP contribution < -0.4 is 5.32 Å². The second-order valence-electron chi connectivity index (χ2n) is 8.56. The fourth-order valence-corrected chi connectivity index (χ4v) is 4.32. The summed E-state index contributed by atoms with van der Waals surface area (Å²) >= 11 is 0. The number of halogens is 1. The molecule has 5 heteroatoms. The quantitative estimate of drug-likeness (QED) is 0.430. The Morgan fingerprint density at radius 2 is 1.79 bits per heavy atom. The van der Waals surface area contributed by atoms with Gasteiger partial charge in [-0.05, 0) is 52.6 Å². The number of amides is 1. The van der Waals surface area contributed by atoms with Gasteiger partial charge in [0.25, 0.3) is 5.91 Å². The van der Waals surface area contributed by atoms with Gasteiger partial charge in [-0.15, -0.1) is 0 Å². The van der Waals surface area contributed by atoms with Crippen LogP contribution in [0.2, 0.25) is 0 Å². The molecule has 4 nitrogen and oxygen atoms in total. The summed E-state index contributed by atoms with van der Waals surface area (Å²) in [4.78, 5) is 29.6. The predicted octanol–water partition coefficient (Wildman–Crippen LogP) is 5.22. The average Bonchev–Trinajstić information content (AvgIpc) is 3.65. The molecule has 164 valence electrons. The molecular weight excluding hydrogens is 415 g/mol. The second-order valence-corrected chi connectivity index (χ2v) is 8.56. The van der Waals surface area contributed by atoms with E-state index in [-0.39, 0.29) is 23.2 Å². The summed E-state index contributed by atoms with van der Waals surface area (Å²) in [6, 6.07) is 22.0. The number of benzene rings is 3. The van der Waals surface area contributed by atoms with Crippen LogP contribution in [-0.2, 0) is 17.8 Å². The molecule has 0 aliphatic heterocycles. The first-order valence-electron chi connectivity index (χ1n) is 11.1. The van der Waals surface area contributed by atoms with Crippen molar-refractivity contribution in [3.63, 3.8) is 0 Å². The molecule has 0 unspecified atom stereocenters. The highest BCUT2D eigenvalue weighted by Gasteiger charge is 2.43. The molecule has 3 aromatic carbocycles. The van der Waals surface area contributed by atoms with Crippen LogP contribution in [0.4, 0.5) is 4.39 Å². The molecule has 0 spiro atoms. The molecule has 0 bridgehead atoms. The number of hydrogen-bond donors (Lipinski definition) is 1. The zero-order valence-electron chi connectivity index (χ0n) is 18.0. The van der Waals surface area contributed by atoms with Crippen LogP contribution in [-0.4, -0.2) is 16.7 Å². The molecule has 1 heterocycles. The van der Waals surface area contributed by atoms with E-state index in [9.17, 15) is 14.0 Å². The van der Waals surface area contributed by atoms with Crippen molar-refractivity contribution in [2.45, 2.75) is 25.3 Å². The minimum absolute atomic E-state index is 0.0182. The largest absolute Gasteiger partial charge is 0.348 e. The first-order valence-corrected chi connectivity index (χ1v) is 11.1. The SMILES string of the molecule is O=C(NCc1ccccc1)c1cc([C@@H]2C[C@H]2C(=O)Cc2ccc3cnccc3c2)ccc1F. The molecule has 1 amide bonds. The van der Waals surface area contributed by atoms with E-state index in [0.29, 0.717) is 13.0 Å². The van der Waals surface area contributed by atoms with Crippen molar-refractivity contribution < 1.29 is 14.0 Å². The van der Waals surface area contributed by atoms with Gasteiger partial charge in [-0.25, -0.2) is 4.39 Å². The van der Waals surface area contributed by atoms with E-state index in [1.54, 1.807) is 24.5 Å². The normalized spacial score (nSPS) is 17.0. The molecule has 1 aliphatic rings. The highest BCUT2D eigenvalue weighted by molar-refractivity contribution is 5.95. The van der Waals surface area contributed by atoms with Crippen molar-refractivity contribution in [3.8, 4) is 0 Å². The first-order chi connectivity index (χ1) is 16.1. The number of nitrogens with one attached hydrogen (secondary N) is 1. The topological polar surface area (TPSA) is 59.1 Å². The second kappa shape index (κ2) is 8.94. The van der Waals surface area contributed by atoms with Gasteiger partial charge in [-0.2, -0.15) is 0 Å². The van der Waals surface area contributed by atoms with Crippen molar-refractivity contribution in [1.29, 1.82) is 0 Å². The number of hydrogen-bond acceptors (Lipinski definition) is 3. The number of fused-ring (bicyclic) bond motifs is 1. The van der Waals surface area contributed by atoms with Crippen molar-refractivity contribution in [2.24, 2.45) is 5.92 Å². The van der Waals surface area contributed by atoms with E-state index in [1.807, 2.05) is 54.6 Å². The van der Waals surface area contributed by atoms with E-state index >= 15 is 0 Å². The number of rotatable bonds is 7. The Morgan fingerprint density at radius 1 is 0.939 bits per heavy atom. The highest BCUT2D eigenvalue weighted by Crippen LogP contribution is 2.48. The van der Waals surface area contributed by atoms with Crippen molar-refractivity contribution in [3.05, 3.63) is 113 Å². The fraction of sp³-hybridized carbons (Fsp3) is 0.179. The monoisotopic (exact) mass is 438 g/mol. The van der Waals surface area contributed by atoms with E-state index < -0.39 is 11.7 Å². The average molecular weight is 439 g/mol. The Labute approximate surface area is 191 Å². The van der Waals surface area contributed by atoms with Gasteiger partial charge in [0.1, 0.15) is 11.6 Å². The number of aromatic nitrogens is 1. The van der Waals surface area contributed by atoms with Crippen molar-refractivity contribution in [1.82, 2.24) is 10.3 Å². The lowest BCUT2D eigenvalue weighted by atomic mass is 9.99. The third-order valence-corrected chi connectivity index (χ3v) is 6.25. The molecule has 1 saturated carbocycles. The minimum Gasteiger partial charge on any atom is -0.348 e. The maximum absolute atomic E-state index is 14.4. The lowest BCUT2D eigenvalue weighted by Crippen LogP contribution is -2.24. The third kappa shape index (κ3) is 4.67. The number of carbonyl (C=O) groups is 2. The Balaban J connectivity index is 1.24. The zero-order chi connectivity index (χ0) is 22.8. The number of carbonyl (C=O) groups excluding carboxylic acids is 2. The molecule has 2 atom stereocenters. The van der Waals surface area contributed by atoms with Crippen LogP contribution >= 0.6 is 0 Å². The summed E-state index contributed by atoms with van der Waals surface area (Å²) in [6.07, 6.45) is 4.64. The number of ketones is 1. The van der Waals surface area contributed by atoms with E-state index in [1.165, 1.54) is 6.07 Å². The zero-order valence-corrected chi connectivity index (χ0v) is 18.0. The van der Waals surface area contributed by atoms with Gasteiger partial charge in [-0.3, -0.25) is 14.6 Å². The maximum atomic E-state index is 14.4. The molecule has 1 aromatic heterocycles. The van der Waals surface area contributed by atoms with Gasteiger partial charge >= 0.3 is 0 Å². The van der Waals surface area contributed by atoms with Crippen LogP contribution in [0.15, 0.2) is 85.2 Å². The van der Waals surface area contributed by atoms with Crippen LogP contribution in [0.5, 0.6) is 0 Å². The van der Waals surface area contributed by atoms with Crippen LogP contribution in [0.1, 0.15) is 39.4 Å². The van der Waals surface area contributed by atoms with Crippen molar-refractivity contribution in [2.75, 3.05) is 0 Å². The highest BCUT2D eigenvalue weighted by atomic mass is 19.1. The van der Waals surface area contributed by atoms with Crippen LogP contribution in [0, 0.1) is 11.7 Å². The number of pyridine rings is 1. The number of nitrogens with zero attached hydrogens (tertiary/aromatic N) is 1. The van der Waals surface area contributed by atoms with Gasteiger partial charge < -0.3 is 5.32 Å². The molecule has 33 heavy (non-hydrogen) atoms. The first kappa shape index (κ1) is 21.0. The van der Waals surface area contributed by atoms with Gasteiger partial charge in [0.05, 0.1) is 5.56 Å². The van der Waals surface area contributed by atoms with Crippen LogP contribution in [0.3, 0.4) is 0 Å². The minimum atomic E-state index is -0.557. The van der Waals surface area contributed by atoms with E-state index in [4.69, 9.17) is 0 Å². The van der Waals surface area contributed by atoms with Gasteiger partial charge in [0.2, 0.25) is 0 Å². The standard InChI is InChI=1S/C28H23FN2O2/c29-26-9-8-21(14-25(26)28(33)31-16-18-4-2-1-3-5-18)23-15-24(23)27(32)13-19-6-7-22-17-30-11-10-20(22)12-19/h1-12,14,17,23-24H,13,15-16H2,(H,31,33)/t23-,24+/m0/s1. The van der Waals surface area contributed by atoms with Crippen molar-refractivity contribution >= 4 is 22.5 Å². The summed E-state index contributed by atoms with van der Waals surface area (Å²) in [6.45, 7) is 0.329. The van der Waals surface area contributed by atoms with Gasteiger partial charge in [0, 0.05) is 36.7 Å². The Kier molecular flexibility index (Phi) is 5.69. The lowest BCUT2D eigenvalue weighted by molar-refractivity contribution is -0.119. The molecule has 5 rings (SSSR count). The molecule has 1 N–H and O–H groups in total. The third-order valence-electron chi connectivity index (χ3n) is 6.25. The maximum Gasteiger partial charge on any atom is 0.254 e. The van der Waals surface area contributed by atoms with Gasteiger partial charge in [0.15, 0.2) is 0 Å². The lowest BCUT2D eigenvalue weighted by Gasteiger charge is -2.09.